The van der Waals surface area contributed by atoms with Crippen LogP contribution in [0.2, 0.25) is 0 Å². The second-order valence-corrected chi connectivity index (χ2v) is 4.97. The first-order valence-electron chi connectivity index (χ1n) is 7.01. The molecule has 1 aliphatic heterocycles. The summed E-state index contributed by atoms with van der Waals surface area (Å²) in [6.07, 6.45) is 0.395. The van der Waals surface area contributed by atoms with Gasteiger partial charge in [0.2, 0.25) is 5.88 Å². The predicted molar refractivity (Wildman–Crippen MR) is 83.1 cm³/mol. The van der Waals surface area contributed by atoms with Crippen LogP contribution in [-0.4, -0.2) is 17.6 Å². The molecular formula is C16H14N4O3. The molecule has 0 amide bonds. The molecule has 0 aliphatic carbocycles. The molecule has 4 N–H and O–H groups in total. The molecule has 7 nitrogen and oxygen atoms in total. The lowest BCUT2D eigenvalue weighted by Crippen LogP contribution is -2.15. The van der Waals surface area contributed by atoms with Gasteiger partial charge in [-0.3, -0.25) is 0 Å². The zero-order valence-electron chi connectivity index (χ0n) is 12.4. The van der Waals surface area contributed by atoms with Gasteiger partial charge in [0.1, 0.15) is 28.8 Å². The zero-order valence-corrected chi connectivity index (χ0v) is 12.4. The topological polar surface area (TPSA) is 124 Å². The summed E-state index contributed by atoms with van der Waals surface area (Å²) in [5.41, 5.74) is 13.8. The molecule has 23 heavy (non-hydrogen) atoms. The van der Waals surface area contributed by atoms with Crippen molar-refractivity contribution in [1.82, 2.24) is 4.98 Å². The van der Waals surface area contributed by atoms with E-state index in [1.807, 2.05) is 12.1 Å². The fourth-order valence-electron chi connectivity index (χ4n) is 2.51. The lowest BCUT2D eigenvalue weighted by molar-refractivity contribution is 0.0523. The minimum absolute atomic E-state index is 0.000755. The molecule has 0 fully saturated rings. The van der Waals surface area contributed by atoms with Crippen LogP contribution in [-0.2, 0) is 11.2 Å². The molecule has 0 saturated carbocycles. The van der Waals surface area contributed by atoms with Gasteiger partial charge in [0.15, 0.2) is 0 Å². The van der Waals surface area contributed by atoms with Crippen molar-refractivity contribution in [2.75, 3.05) is 18.1 Å². The van der Waals surface area contributed by atoms with Crippen LogP contribution in [0.3, 0.4) is 0 Å². The van der Waals surface area contributed by atoms with Crippen LogP contribution < -0.4 is 16.2 Å². The number of rotatable bonds is 2. The average Bonchev–Trinajstić information content (AvgIpc) is 2.53. The first-order valence-corrected chi connectivity index (χ1v) is 7.01. The Morgan fingerprint density at radius 2 is 2.26 bits per heavy atom. The normalized spacial score (nSPS) is 11.7. The molecule has 7 heteroatoms. The maximum absolute atomic E-state index is 12.0. The van der Waals surface area contributed by atoms with Gasteiger partial charge < -0.3 is 20.9 Å². The molecular weight excluding hydrogens is 296 g/mol. The zero-order chi connectivity index (χ0) is 16.6. The van der Waals surface area contributed by atoms with E-state index in [4.69, 9.17) is 26.2 Å². The van der Waals surface area contributed by atoms with Crippen molar-refractivity contribution in [3.8, 4) is 17.7 Å². The molecule has 0 unspecified atom stereocenters. The standard InChI is InChI=1S/C16H14N4O3/c1-2-22-16(21)9-5-3-4-8-6-10-12(18)11(7-17)14(19)20-15(10)23-13(8)9/h3-5H,2,6H2,1H3,(H4,18,19,20). The highest BCUT2D eigenvalue weighted by Gasteiger charge is 2.27. The number of nitrogen functional groups attached to an aromatic ring is 2. The SMILES string of the molecule is CCOC(=O)c1cccc2c1Oc1nc(N)c(C#N)c(N)c1C2. The minimum Gasteiger partial charge on any atom is -0.462 e. The Balaban J connectivity index is 2.11. The van der Waals surface area contributed by atoms with E-state index in [9.17, 15) is 4.79 Å². The van der Waals surface area contributed by atoms with Crippen molar-refractivity contribution in [2.24, 2.45) is 0 Å². The molecule has 1 aromatic carbocycles. The number of carbonyl (C=O) groups excluding carboxylic acids is 1. The van der Waals surface area contributed by atoms with Crippen molar-refractivity contribution < 1.29 is 14.3 Å². The van der Waals surface area contributed by atoms with Crippen LogP contribution in [0.4, 0.5) is 11.5 Å². The number of aromatic nitrogens is 1. The summed E-state index contributed by atoms with van der Waals surface area (Å²) in [5.74, 6) is 0.126. The van der Waals surface area contributed by atoms with E-state index in [1.165, 1.54) is 0 Å². The number of para-hydroxylation sites is 1. The number of benzene rings is 1. The quantitative estimate of drug-likeness (QED) is 0.693. The Hall–Kier alpha value is -3.27. The molecule has 1 aromatic heterocycles. The van der Waals surface area contributed by atoms with Gasteiger partial charge in [-0.25, -0.2) is 4.79 Å². The van der Waals surface area contributed by atoms with Crippen molar-refractivity contribution in [3.63, 3.8) is 0 Å². The van der Waals surface area contributed by atoms with E-state index < -0.39 is 5.97 Å². The van der Waals surface area contributed by atoms with Gasteiger partial charge in [0, 0.05) is 17.5 Å². The highest BCUT2D eigenvalue weighted by molar-refractivity contribution is 5.93. The summed E-state index contributed by atoms with van der Waals surface area (Å²) in [5, 5.41) is 9.12. The second kappa shape index (κ2) is 5.50. The molecule has 0 saturated heterocycles. The maximum Gasteiger partial charge on any atom is 0.341 e. The number of nitrogens with two attached hydrogens (primary N) is 2. The molecule has 3 rings (SSSR count). The van der Waals surface area contributed by atoms with Gasteiger partial charge >= 0.3 is 5.97 Å². The van der Waals surface area contributed by atoms with Crippen LogP contribution in [0, 0.1) is 11.3 Å². The molecule has 1 aliphatic rings. The fraction of sp³-hybridized carbons (Fsp3) is 0.188. The summed E-state index contributed by atoms with van der Waals surface area (Å²) < 4.78 is 10.8. The Morgan fingerprint density at radius 1 is 1.48 bits per heavy atom. The van der Waals surface area contributed by atoms with E-state index in [0.29, 0.717) is 23.3 Å². The summed E-state index contributed by atoms with van der Waals surface area (Å²) in [6, 6.07) is 7.13. The number of hydrogen-bond acceptors (Lipinski definition) is 7. The first kappa shape index (κ1) is 14.7. The molecule has 2 heterocycles. The molecule has 0 radical (unpaired) electrons. The Morgan fingerprint density at radius 3 is 2.96 bits per heavy atom. The van der Waals surface area contributed by atoms with Gasteiger partial charge in [-0.1, -0.05) is 12.1 Å². The largest absolute Gasteiger partial charge is 0.462 e. The number of anilines is 2. The number of ether oxygens (including phenoxy) is 2. The number of hydrogen-bond donors (Lipinski definition) is 2. The highest BCUT2D eigenvalue weighted by Crippen LogP contribution is 2.42. The third-order valence-electron chi connectivity index (χ3n) is 3.60. The molecule has 0 spiro atoms. The monoisotopic (exact) mass is 310 g/mol. The lowest BCUT2D eigenvalue weighted by atomic mass is 9.97. The third-order valence-corrected chi connectivity index (χ3v) is 3.60. The molecule has 0 atom stereocenters. The number of pyridine rings is 1. The minimum atomic E-state index is -0.470. The number of fused-ring (bicyclic) bond motifs is 2. The summed E-state index contributed by atoms with van der Waals surface area (Å²) in [7, 11) is 0. The van der Waals surface area contributed by atoms with E-state index >= 15 is 0 Å². The smallest absolute Gasteiger partial charge is 0.341 e. The van der Waals surface area contributed by atoms with Crippen LogP contribution in [0.5, 0.6) is 11.6 Å². The van der Waals surface area contributed by atoms with E-state index in [1.54, 1.807) is 19.1 Å². The average molecular weight is 310 g/mol. The molecule has 116 valence electrons. The summed E-state index contributed by atoms with van der Waals surface area (Å²) in [4.78, 5) is 16.1. The van der Waals surface area contributed by atoms with Crippen LogP contribution >= 0.6 is 0 Å². The second-order valence-electron chi connectivity index (χ2n) is 4.97. The van der Waals surface area contributed by atoms with Gasteiger partial charge in [0.25, 0.3) is 0 Å². The number of esters is 1. The highest BCUT2D eigenvalue weighted by atomic mass is 16.5. The number of carbonyl (C=O) groups is 1. The van der Waals surface area contributed by atoms with E-state index in [2.05, 4.69) is 4.98 Å². The molecule has 0 bridgehead atoms. The third kappa shape index (κ3) is 2.30. The Bertz CT molecular complexity index is 855. The van der Waals surface area contributed by atoms with E-state index in [-0.39, 0.29) is 29.6 Å². The van der Waals surface area contributed by atoms with Crippen molar-refractivity contribution in [2.45, 2.75) is 13.3 Å². The Kier molecular flexibility index (Phi) is 3.50. The summed E-state index contributed by atoms with van der Waals surface area (Å²) in [6.45, 7) is 2.00. The van der Waals surface area contributed by atoms with Gasteiger partial charge in [-0.15, -0.1) is 0 Å². The van der Waals surface area contributed by atoms with Crippen LogP contribution in [0.25, 0.3) is 0 Å². The van der Waals surface area contributed by atoms with Crippen molar-refractivity contribution in [3.05, 3.63) is 40.5 Å². The van der Waals surface area contributed by atoms with E-state index in [0.717, 1.165) is 5.56 Å². The van der Waals surface area contributed by atoms with Gasteiger partial charge in [0.05, 0.1) is 12.3 Å². The predicted octanol–water partition coefficient (Wildman–Crippen LogP) is 1.99. The Labute approximate surface area is 132 Å². The van der Waals surface area contributed by atoms with Crippen molar-refractivity contribution in [1.29, 1.82) is 5.26 Å². The first-order chi connectivity index (χ1) is 11.1. The maximum atomic E-state index is 12.0. The van der Waals surface area contributed by atoms with Crippen LogP contribution in [0.1, 0.15) is 34.0 Å². The van der Waals surface area contributed by atoms with Crippen molar-refractivity contribution >= 4 is 17.5 Å². The number of nitriles is 1. The summed E-state index contributed by atoms with van der Waals surface area (Å²) >= 11 is 0. The van der Waals surface area contributed by atoms with Crippen LogP contribution in [0.15, 0.2) is 18.2 Å². The van der Waals surface area contributed by atoms with Gasteiger partial charge in [-0.05, 0) is 13.0 Å². The molecule has 2 aromatic rings. The fourth-order valence-corrected chi connectivity index (χ4v) is 2.51. The lowest BCUT2D eigenvalue weighted by Gasteiger charge is -2.23. The van der Waals surface area contributed by atoms with Gasteiger partial charge in [-0.2, -0.15) is 10.2 Å². The number of nitrogens with zero attached hydrogens (tertiary/aromatic N) is 2.